The predicted molar refractivity (Wildman–Crippen MR) is 75.8 cm³/mol. The van der Waals surface area contributed by atoms with Crippen LogP contribution in [0.25, 0.3) is 0 Å². The largest absolute Gasteiger partial charge is 0.491 e. The van der Waals surface area contributed by atoms with Gasteiger partial charge in [0.2, 0.25) is 0 Å². The average Bonchev–Trinajstić information content (AvgIpc) is 2.33. The highest BCUT2D eigenvalue weighted by Crippen LogP contribution is 2.21. The van der Waals surface area contributed by atoms with Crippen LogP contribution in [0.1, 0.15) is 38.1 Å². The van der Waals surface area contributed by atoms with E-state index in [-0.39, 0.29) is 5.75 Å². The van der Waals surface area contributed by atoms with Crippen molar-refractivity contribution < 1.29 is 19.0 Å². The van der Waals surface area contributed by atoms with Gasteiger partial charge in [-0.3, -0.25) is 4.90 Å². The number of carbonyl (C=O) groups is 1. The number of carboxylic acids is 1. The van der Waals surface area contributed by atoms with Crippen molar-refractivity contribution in [2.24, 2.45) is 0 Å². The molecule has 0 atom stereocenters. The molecule has 0 fully saturated rings. The zero-order valence-electron chi connectivity index (χ0n) is 12.4. The molecule has 0 aliphatic heterocycles. The average molecular weight is 283 g/mol. The van der Waals surface area contributed by atoms with Gasteiger partial charge in [-0.05, 0) is 39.8 Å². The minimum atomic E-state index is -1.32. The molecule has 0 amide bonds. The monoisotopic (exact) mass is 283 g/mol. The topological polar surface area (TPSA) is 49.8 Å². The maximum absolute atomic E-state index is 13.5. The predicted octanol–water partition coefficient (Wildman–Crippen LogP) is 3.02. The lowest BCUT2D eigenvalue weighted by Gasteiger charge is -2.30. The molecule has 1 aromatic carbocycles. The van der Waals surface area contributed by atoms with Crippen LogP contribution >= 0.6 is 0 Å². The van der Waals surface area contributed by atoms with E-state index in [0.717, 1.165) is 6.07 Å². The van der Waals surface area contributed by atoms with Gasteiger partial charge in [-0.1, -0.05) is 6.07 Å². The molecule has 20 heavy (non-hydrogen) atoms. The molecule has 0 heterocycles. The van der Waals surface area contributed by atoms with Crippen molar-refractivity contribution in [3.8, 4) is 5.75 Å². The zero-order valence-corrected chi connectivity index (χ0v) is 12.4. The highest BCUT2D eigenvalue weighted by Gasteiger charge is 2.18. The Bertz CT molecular complexity index is 452. The second kappa shape index (κ2) is 7.24. The van der Waals surface area contributed by atoms with Crippen LogP contribution in [-0.2, 0) is 0 Å². The quantitative estimate of drug-likeness (QED) is 0.835. The molecule has 1 aromatic rings. The Morgan fingerprint density at radius 3 is 2.40 bits per heavy atom. The zero-order chi connectivity index (χ0) is 15.3. The van der Waals surface area contributed by atoms with Crippen molar-refractivity contribution in [3.63, 3.8) is 0 Å². The standard InChI is InChI=1S/C15H22FNO3/c1-10(2)17(11(3)4)8-9-20-13-7-5-6-12(16)14(13)15(18)19/h5-7,10-11H,8-9H2,1-4H3,(H,18,19). The van der Waals surface area contributed by atoms with Crippen molar-refractivity contribution >= 4 is 5.97 Å². The number of nitrogens with zero attached hydrogens (tertiary/aromatic N) is 1. The summed E-state index contributed by atoms with van der Waals surface area (Å²) < 4.78 is 18.9. The number of halogens is 1. The van der Waals surface area contributed by atoms with E-state index < -0.39 is 17.3 Å². The van der Waals surface area contributed by atoms with Crippen LogP contribution in [0.5, 0.6) is 5.75 Å². The summed E-state index contributed by atoms with van der Waals surface area (Å²) in [7, 11) is 0. The van der Waals surface area contributed by atoms with E-state index in [1.54, 1.807) is 0 Å². The molecule has 0 aromatic heterocycles. The molecule has 112 valence electrons. The van der Waals surface area contributed by atoms with E-state index in [9.17, 15) is 9.18 Å². The van der Waals surface area contributed by atoms with E-state index in [1.807, 2.05) is 0 Å². The third kappa shape index (κ3) is 4.20. The molecular formula is C15H22FNO3. The summed E-state index contributed by atoms with van der Waals surface area (Å²) in [5, 5.41) is 9.00. The molecule has 0 bridgehead atoms. The summed E-state index contributed by atoms with van der Waals surface area (Å²) in [5.74, 6) is -2.02. The van der Waals surface area contributed by atoms with Gasteiger partial charge in [0.15, 0.2) is 0 Å². The molecule has 0 aliphatic carbocycles. The van der Waals surface area contributed by atoms with Gasteiger partial charge in [0.05, 0.1) is 0 Å². The van der Waals surface area contributed by atoms with E-state index in [4.69, 9.17) is 9.84 Å². The molecule has 1 N–H and O–H groups in total. The van der Waals surface area contributed by atoms with Crippen LogP contribution in [-0.4, -0.2) is 41.2 Å². The molecule has 0 aliphatic rings. The molecule has 0 radical (unpaired) electrons. The van der Waals surface area contributed by atoms with Gasteiger partial charge in [-0.15, -0.1) is 0 Å². The van der Waals surface area contributed by atoms with Crippen molar-refractivity contribution in [2.45, 2.75) is 39.8 Å². The Balaban J connectivity index is 2.71. The van der Waals surface area contributed by atoms with E-state index in [0.29, 0.717) is 25.2 Å². The molecule has 0 saturated heterocycles. The van der Waals surface area contributed by atoms with Crippen LogP contribution in [0.4, 0.5) is 4.39 Å². The second-order valence-electron chi connectivity index (χ2n) is 5.19. The van der Waals surface area contributed by atoms with Crippen molar-refractivity contribution in [2.75, 3.05) is 13.2 Å². The van der Waals surface area contributed by atoms with Gasteiger partial charge in [0.1, 0.15) is 23.7 Å². The van der Waals surface area contributed by atoms with Crippen LogP contribution in [0.2, 0.25) is 0 Å². The Morgan fingerprint density at radius 2 is 1.90 bits per heavy atom. The minimum absolute atomic E-state index is 0.0740. The van der Waals surface area contributed by atoms with Crippen molar-refractivity contribution in [1.82, 2.24) is 4.90 Å². The molecule has 0 saturated carbocycles. The number of carboxylic acid groups (broad SMARTS) is 1. The first-order valence-corrected chi connectivity index (χ1v) is 6.75. The lowest BCUT2D eigenvalue weighted by molar-refractivity contribution is 0.0684. The fourth-order valence-electron chi connectivity index (χ4n) is 2.21. The third-order valence-corrected chi connectivity index (χ3v) is 3.12. The molecule has 0 unspecified atom stereocenters. The summed E-state index contributed by atoms with van der Waals surface area (Å²) in [6.45, 7) is 9.33. The van der Waals surface area contributed by atoms with E-state index in [2.05, 4.69) is 32.6 Å². The van der Waals surface area contributed by atoms with Crippen molar-refractivity contribution in [3.05, 3.63) is 29.6 Å². The van der Waals surface area contributed by atoms with Gasteiger partial charge in [-0.25, -0.2) is 9.18 Å². The number of aromatic carboxylic acids is 1. The summed E-state index contributed by atoms with van der Waals surface area (Å²) in [4.78, 5) is 13.2. The van der Waals surface area contributed by atoms with Gasteiger partial charge >= 0.3 is 5.97 Å². The Hall–Kier alpha value is -1.62. The first kappa shape index (κ1) is 16.4. The van der Waals surface area contributed by atoms with Gasteiger partial charge in [-0.2, -0.15) is 0 Å². The Kier molecular flexibility index (Phi) is 5.95. The molecular weight excluding hydrogens is 261 g/mol. The summed E-state index contributed by atoms with van der Waals surface area (Å²) in [6.07, 6.45) is 0. The summed E-state index contributed by atoms with van der Waals surface area (Å²) in [6, 6.07) is 4.77. The lowest BCUT2D eigenvalue weighted by Crippen LogP contribution is -2.39. The maximum Gasteiger partial charge on any atom is 0.342 e. The second-order valence-corrected chi connectivity index (χ2v) is 5.19. The molecule has 0 spiro atoms. The smallest absolute Gasteiger partial charge is 0.342 e. The fraction of sp³-hybridized carbons (Fsp3) is 0.533. The van der Waals surface area contributed by atoms with Gasteiger partial charge in [0.25, 0.3) is 0 Å². The van der Waals surface area contributed by atoms with E-state index in [1.165, 1.54) is 12.1 Å². The fourth-order valence-corrected chi connectivity index (χ4v) is 2.21. The Labute approximate surface area is 119 Å². The van der Waals surface area contributed by atoms with Crippen molar-refractivity contribution in [1.29, 1.82) is 0 Å². The lowest BCUT2D eigenvalue weighted by atomic mass is 10.2. The van der Waals surface area contributed by atoms with Crippen LogP contribution in [0.15, 0.2) is 18.2 Å². The number of ether oxygens (including phenoxy) is 1. The summed E-state index contributed by atoms with van der Waals surface area (Å²) in [5.41, 5.74) is -0.409. The number of rotatable bonds is 7. The van der Waals surface area contributed by atoms with E-state index >= 15 is 0 Å². The number of benzene rings is 1. The number of hydrogen-bond acceptors (Lipinski definition) is 3. The number of hydrogen-bond donors (Lipinski definition) is 1. The minimum Gasteiger partial charge on any atom is -0.491 e. The highest BCUT2D eigenvalue weighted by atomic mass is 19.1. The normalized spacial score (nSPS) is 11.4. The molecule has 4 nitrogen and oxygen atoms in total. The maximum atomic E-state index is 13.5. The van der Waals surface area contributed by atoms with Gasteiger partial charge < -0.3 is 9.84 Å². The molecule has 1 rings (SSSR count). The van der Waals surface area contributed by atoms with Gasteiger partial charge in [0, 0.05) is 18.6 Å². The highest BCUT2D eigenvalue weighted by molar-refractivity contribution is 5.91. The summed E-state index contributed by atoms with van der Waals surface area (Å²) >= 11 is 0. The van der Waals surface area contributed by atoms with Crippen LogP contribution in [0, 0.1) is 5.82 Å². The SMILES string of the molecule is CC(C)N(CCOc1cccc(F)c1C(=O)O)C(C)C. The van der Waals surface area contributed by atoms with Crippen LogP contribution < -0.4 is 4.74 Å². The Morgan fingerprint density at radius 1 is 1.30 bits per heavy atom. The first-order chi connectivity index (χ1) is 9.34. The third-order valence-electron chi connectivity index (χ3n) is 3.12. The molecule has 5 heteroatoms. The first-order valence-electron chi connectivity index (χ1n) is 6.75. The van der Waals surface area contributed by atoms with Crippen LogP contribution in [0.3, 0.4) is 0 Å².